The van der Waals surface area contributed by atoms with Crippen LogP contribution in [0.3, 0.4) is 0 Å². The molecule has 1 heterocycles. The van der Waals surface area contributed by atoms with Crippen molar-refractivity contribution in [1.29, 1.82) is 0 Å². The molecule has 0 bridgehead atoms. The molecule has 1 aromatic rings. The Morgan fingerprint density at radius 2 is 1.93 bits per heavy atom. The Morgan fingerprint density at radius 3 is 2.52 bits per heavy atom. The minimum absolute atomic E-state index is 0. The third-order valence-corrected chi connectivity index (χ3v) is 4.22. The van der Waals surface area contributed by atoms with Crippen LogP contribution >= 0.6 is 24.0 Å². The number of likely N-dealkylation sites (N-methyl/N-ethyl adjacent to an activating group) is 1. The third-order valence-electron chi connectivity index (χ3n) is 4.22. The van der Waals surface area contributed by atoms with Crippen molar-refractivity contribution in [3.05, 3.63) is 30.1 Å². The first-order valence-corrected chi connectivity index (χ1v) is 8.74. The van der Waals surface area contributed by atoms with E-state index in [1.165, 1.54) is 11.0 Å². The van der Waals surface area contributed by atoms with E-state index in [-0.39, 0.29) is 42.2 Å². The molecule has 152 valence electrons. The minimum Gasteiger partial charge on any atom is -0.383 e. The van der Waals surface area contributed by atoms with Gasteiger partial charge in [0.05, 0.1) is 12.3 Å². The number of anilines is 1. The molecular weight excluding hydrogens is 464 g/mol. The number of para-hydroxylation sites is 1. The van der Waals surface area contributed by atoms with Crippen molar-refractivity contribution in [3.8, 4) is 0 Å². The summed E-state index contributed by atoms with van der Waals surface area (Å²) in [7, 11) is 5.06. The lowest BCUT2D eigenvalue weighted by Crippen LogP contribution is -2.53. The van der Waals surface area contributed by atoms with Crippen LogP contribution in [0.1, 0.15) is 0 Å². The van der Waals surface area contributed by atoms with Crippen LogP contribution in [0.25, 0.3) is 0 Å². The number of rotatable bonds is 6. The van der Waals surface area contributed by atoms with Crippen molar-refractivity contribution in [1.82, 2.24) is 15.1 Å². The molecule has 1 fully saturated rings. The molecule has 1 amide bonds. The molecule has 9 heteroatoms. The molecule has 0 aromatic heterocycles. The summed E-state index contributed by atoms with van der Waals surface area (Å²) in [6.07, 6.45) is 0. The standard InChI is InChI=1S/C18H28FN5O2.HI/c1-22(2)17(25)14-21-18(20-8-13-26-3)24-11-9-23(10-12-24)16-7-5-4-6-15(16)19;/h4-7H,8-14H2,1-3H3,(H,20,21);1H. The molecule has 0 unspecified atom stereocenters. The summed E-state index contributed by atoms with van der Waals surface area (Å²) in [6.45, 7) is 4.03. The van der Waals surface area contributed by atoms with E-state index in [9.17, 15) is 9.18 Å². The van der Waals surface area contributed by atoms with Gasteiger partial charge in [0.25, 0.3) is 0 Å². The van der Waals surface area contributed by atoms with E-state index in [1.807, 2.05) is 11.0 Å². The molecular formula is C18H29FIN5O2. The Labute approximate surface area is 177 Å². The van der Waals surface area contributed by atoms with Crippen LogP contribution in [-0.2, 0) is 9.53 Å². The second kappa shape index (κ2) is 12.0. The summed E-state index contributed by atoms with van der Waals surface area (Å²) in [5.74, 6) is 0.427. The molecule has 2 rings (SSSR count). The number of hydrogen-bond acceptors (Lipinski definition) is 4. The van der Waals surface area contributed by atoms with Crippen LogP contribution in [0.5, 0.6) is 0 Å². The number of piperazine rings is 1. The monoisotopic (exact) mass is 493 g/mol. The minimum atomic E-state index is -0.204. The summed E-state index contributed by atoms with van der Waals surface area (Å²) in [5, 5.41) is 3.24. The lowest BCUT2D eigenvalue weighted by atomic mass is 10.2. The highest BCUT2D eigenvalue weighted by Crippen LogP contribution is 2.20. The van der Waals surface area contributed by atoms with E-state index in [0.29, 0.717) is 51.0 Å². The largest absolute Gasteiger partial charge is 0.383 e. The summed E-state index contributed by atoms with van der Waals surface area (Å²) >= 11 is 0. The van der Waals surface area contributed by atoms with E-state index < -0.39 is 0 Å². The van der Waals surface area contributed by atoms with Gasteiger partial charge < -0.3 is 24.8 Å². The predicted octanol–water partition coefficient (Wildman–Crippen LogP) is 1.25. The van der Waals surface area contributed by atoms with Crippen LogP contribution in [0, 0.1) is 5.82 Å². The lowest BCUT2D eigenvalue weighted by molar-refractivity contribution is -0.127. The molecule has 7 nitrogen and oxygen atoms in total. The molecule has 0 spiro atoms. The predicted molar refractivity (Wildman–Crippen MR) is 116 cm³/mol. The maximum Gasteiger partial charge on any atom is 0.243 e. The fourth-order valence-corrected chi connectivity index (χ4v) is 2.68. The molecule has 1 aromatic carbocycles. The van der Waals surface area contributed by atoms with Gasteiger partial charge >= 0.3 is 0 Å². The Morgan fingerprint density at radius 1 is 1.26 bits per heavy atom. The number of halogens is 2. The van der Waals surface area contributed by atoms with Crippen LogP contribution in [0.4, 0.5) is 10.1 Å². The first-order valence-electron chi connectivity index (χ1n) is 8.74. The van der Waals surface area contributed by atoms with E-state index in [0.717, 1.165) is 0 Å². The molecule has 1 aliphatic rings. The maximum absolute atomic E-state index is 14.0. The number of ether oxygens (including phenoxy) is 1. The van der Waals surface area contributed by atoms with Crippen molar-refractivity contribution in [2.24, 2.45) is 4.99 Å². The first-order chi connectivity index (χ1) is 12.5. The number of nitrogens with zero attached hydrogens (tertiary/aromatic N) is 4. The number of carbonyl (C=O) groups excluding carboxylic acids is 1. The van der Waals surface area contributed by atoms with Crippen LogP contribution in [-0.4, -0.2) is 88.7 Å². The fourth-order valence-electron chi connectivity index (χ4n) is 2.68. The molecule has 0 radical (unpaired) electrons. The van der Waals surface area contributed by atoms with Crippen molar-refractivity contribution >= 4 is 41.5 Å². The van der Waals surface area contributed by atoms with Crippen molar-refractivity contribution in [2.75, 3.05) is 72.0 Å². The Balaban J connectivity index is 0.00000364. The number of guanidine groups is 1. The average Bonchev–Trinajstić information content (AvgIpc) is 2.65. The second-order valence-electron chi connectivity index (χ2n) is 6.27. The van der Waals surface area contributed by atoms with E-state index >= 15 is 0 Å². The highest BCUT2D eigenvalue weighted by molar-refractivity contribution is 14.0. The molecule has 1 aliphatic heterocycles. The molecule has 0 atom stereocenters. The molecule has 1 N–H and O–H groups in total. The van der Waals surface area contributed by atoms with Crippen LogP contribution in [0.15, 0.2) is 29.3 Å². The van der Waals surface area contributed by atoms with Crippen molar-refractivity contribution in [3.63, 3.8) is 0 Å². The molecule has 27 heavy (non-hydrogen) atoms. The number of methoxy groups -OCH3 is 1. The van der Waals surface area contributed by atoms with Gasteiger partial charge in [-0.15, -0.1) is 24.0 Å². The SMILES string of the molecule is COCCNC(=NCC(=O)N(C)C)N1CCN(c2ccccc2F)CC1.I. The van der Waals surface area contributed by atoms with E-state index in [1.54, 1.807) is 33.3 Å². The number of carbonyl (C=O) groups is 1. The zero-order valence-corrected chi connectivity index (χ0v) is 18.5. The van der Waals surface area contributed by atoms with Crippen molar-refractivity contribution < 1.29 is 13.9 Å². The van der Waals surface area contributed by atoms with Gasteiger partial charge in [0.2, 0.25) is 5.91 Å². The van der Waals surface area contributed by atoms with Gasteiger partial charge in [-0.05, 0) is 12.1 Å². The number of amides is 1. The highest BCUT2D eigenvalue weighted by Gasteiger charge is 2.21. The van der Waals surface area contributed by atoms with Crippen LogP contribution < -0.4 is 10.2 Å². The van der Waals surface area contributed by atoms with Gasteiger partial charge in [0.15, 0.2) is 5.96 Å². The third kappa shape index (κ3) is 7.13. The Kier molecular flexibility index (Phi) is 10.4. The topological polar surface area (TPSA) is 60.4 Å². The van der Waals surface area contributed by atoms with Gasteiger partial charge in [0, 0.05) is 53.9 Å². The second-order valence-corrected chi connectivity index (χ2v) is 6.27. The van der Waals surface area contributed by atoms with Gasteiger partial charge in [-0.2, -0.15) is 0 Å². The van der Waals surface area contributed by atoms with Gasteiger partial charge in [-0.25, -0.2) is 9.38 Å². The first kappa shape index (κ1) is 23.4. The van der Waals surface area contributed by atoms with Gasteiger partial charge in [-0.1, -0.05) is 12.1 Å². The summed E-state index contributed by atoms with van der Waals surface area (Å²) in [6, 6.07) is 6.82. The van der Waals surface area contributed by atoms with E-state index in [2.05, 4.69) is 15.2 Å². The van der Waals surface area contributed by atoms with E-state index in [4.69, 9.17) is 4.74 Å². The average molecular weight is 493 g/mol. The number of nitrogens with one attached hydrogen (secondary N) is 1. The van der Waals surface area contributed by atoms with Gasteiger partial charge in [-0.3, -0.25) is 4.79 Å². The lowest BCUT2D eigenvalue weighted by Gasteiger charge is -2.37. The summed E-state index contributed by atoms with van der Waals surface area (Å²) in [4.78, 5) is 21.9. The highest BCUT2D eigenvalue weighted by atomic mass is 127. The zero-order valence-electron chi connectivity index (χ0n) is 16.2. The Bertz CT molecular complexity index is 622. The molecule has 0 aliphatic carbocycles. The van der Waals surface area contributed by atoms with Crippen LogP contribution in [0.2, 0.25) is 0 Å². The quantitative estimate of drug-likeness (QED) is 0.280. The smallest absolute Gasteiger partial charge is 0.243 e. The maximum atomic E-state index is 14.0. The number of aliphatic imine (C=N–C) groups is 1. The number of benzene rings is 1. The summed E-state index contributed by atoms with van der Waals surface area (Å²) in [5.41, 5.74) is 0.626. The fraction of sp³-hybridized carbons (Fsp3) is 0.556. The molecule has 1 saturated heterocycles. The zero-order chi connectivity index (χ0) is 18.9. The normalized spacial score (nSPS) is 14.6. The summed E-state index contributed by atoms with van der Waals surface area (Å²) < 4.78 is 19.0. The van der Waals surface area contributed by atoms with Crippen molar-refractivity contribution in [2.45, 2.75) is 0 Å². The number of hydrogen-bond donors (Lipinski definition) is 1. The Hall–Kier alpha value is -1.62. The van der Waals surface area contributed by atoms with Gasteiger partial charge in [0.1, 0.15) is 12.4 Å². The molecule has 0 saturated carbocycles.